The van der Waals surface area contributed by atoms with E-state index >= 15 is 0 Å². The highest BCUT2D eigenvalue weighted by atomic mass is 32.1. The van der Waals surface area contributed by atoms with E-state index in [-0.39, 0.29) is 12.1 Å². The maximum absolute atomic E-state index is 12.7. The zero-order valence-electron chi connectivity index (χ0n) is 13.7. The first-order valence-electron chi connectivity index (χ1n) is 8.19. The lowest BCUT2D eigenvalue weighted by Gasteiger charge is -2.34. The zero-order chi connectivity index (χ0) is 16.2. The molecule has 5 heteroatoms. The molecule has 0 radical (unpaired) electrons. The van der Waals surface area contributed by atoms with Crippen molar-refractivity contribution in [3.63, 3.8) is 0 Å². The minimum Gasteiger partial charge on any atom is -0.352 e. The second-order valence-electron chi connectivity index (χ2n) is 7.58. The first-order chi connectivity index (χ1) is 10.9. The maximum atomic E-state index is 12.7. The summed E-state index contributed by atoms with van der Waals surface area (Å²) in [6.45, 7) is 6.98. The van der Waals surface area contributed by atoms with Gasteiger partial charge in [0.25, 0.3) is 5.91 Å². The van der Waals surface area contributed by atoms with Crippen LogP contribution in [0.1, 0.15) is 59.0 Å². The average Bonchev–Trinajstić information content (AvgIpc) is 3.12. The van der Waals surface area contributed by atoms with E-state index in [1.54, 1.807) is 22.7 Å². The van der Waals surface area contributed by atoms with Gasteiger partial charge in [0.1, 0.15) is 11.2 Å². The Morgan fingerprint density at radius 3 is 2.78 bits per heavy atom. The summed E-state index contributed by atoms with van der Waals surface area (Å²) in [5.74, 6) is 0.787. The Morgan fingerprint density at radius 2 is 2.09 bits per heavy atom. The Balaban J connectivity index is 1.66. The Labute approximate surface area is 145 Å². The molecule has 2 aliphatic rings. The summed E-state index contributed by atoms with van der Waals surface area (Å²) in [5, 5.41) is 9.77. The predicted octanol–water partition coefficient (Wildman–Crippen LogP) is 4.81. The molecular formula is C18H22N2OS2. The number of thiophene rings is 2. The third kappa shape index (κ3) is 2.60. The monoisotopic (exact) mass is 346 g/mol. The van der Waals surface area contributed by atoms with Gasteiger partial charge in [0, 0.05) is 9.75 Å². The molecule has 2 aromatic heterocycles. The molecule has 0 aromatic carbocycles. The first-order valence-corrected chi connectivity index (χ1v) is 9.88. The Morgan fingerprint density at radius 1 is 1.26 bits per heavy atom. The number of hydrogen-bond acceptors (Lipinski definition) is 4. The zero-order valence-corrected chi connectivity index (χ0v) is 15.4. The number of hydrogen-bond donors (Lipinski definition) is 2. The molecule has 0 unspecified atom stereocenters. The van der Waals surface area contributed by atoms with E-state index in [2.05, 4.69) is 37.5 Å². The van der Waals surface area contributed by atoms with Gasteiger partial charge in [-0.3, -0.25) is 4.79 Å². The maximum Gasteiger partial charge on any atom is 0.256 e. The predicted molar refractivity (Wildman–Crippen MR) is 97.4 cm³/mol. The first kappa shape index (κ1) is 15.2. The molecule has 122 valence electrons. The molecule has 2 aromatic rings. The molecule has 1 aliphatic heterocycles. The van der Waals surface area contributed by atoms with Crippen LogP contribution < -0.4 is 10.6 Å². The van der Waals surface area contributed by atoms with Crippen molar-refractivity contribution in [2.75, 3.05) is 5.32 Å². The van der Waals surface area contributed by atoms with Crippen molar-refractivity contribution in [3.8, 4) is 0 Å². The average molecular weight is 347 g/mol. The summed E-state index contributed by atoms with van der Waals surface area (Å²) in [7, 11) is 0. The topological polar surface area (TPSA) is 41.1 Å². The molecule has 0 saturated carbocycles. The molecule has 2 N–H and O–H groups in total. The van der Waals surface area contributed by atoms with Gasteiger partial charge in [-0.05, 0) is 47.6 Å². The van der Waals surface area contributed by atoms with Gasteiger partial charge in [-0.1, -0.05) is 26.8 Å². The normalized spacial score (nSPS) is 23.7. The Bertz CT molecular complexity index is 740. The van der Waals surface area contributed by atoms with Gasteiger partial charge in [-0.15, -0.1) is 22.7 Å². The smallest absolute Gasteiger partial charge is 0.256 e. The number of nitrogens with one attached hydrogen (secondary N) is 2. The number of rotatable bonds is 1. The van der Waals surface area contributed by atoms with Gasteiger partial charge in [0.05, 0.1) is 5.56 Å². The van der Waals surface area contributed by atoms with Gasteiger partial charge < -0.3 is 10.6 Å². The number of anilines is 1. The second kappa shape index (κ2) is 5.35. The van der Waals surface area contributed by atoms with E-state index in [0.717, 1.165) is 28.3 Å². The minimum absolute atomic E-state index is 0.0869. The highest BCUT2D eigenvalue weighted by Gasteiger charge is 2.36. The molecule has 4 rings (SSSR count). The molecule has 0 saturated heterocycles. The minimum atomic E-state index is -0.0893. The lowest BCUT2D eigenvalue weighted by atomic mass is 9.72. The van der Waals surface area contributed by atoms with Gasteiger partial charge in [0.15, 0.2) is 0 Å². The van der Waals surface area contributed by atoms with Crippen LogP contribution in [0.4, 0.5) is 5.00 Å². The van der Waals surface area contributed by atoms with Gasteiger partial charge >= 0.3 is 0 Å². The van der Waals surface area contributed by atoms with Crippen molar-refractivity contribution < 1.29 is 4.79 Å². The van der Waals surface area contributed by atoms with E-state index in [9.17, 15) is 4.79 Å². The van der Waals surface area contributed by atoms with Gasteiger partial charge in [-0.25, -0.2) is 0 Å². The summed E-state index contributed by atoms with van der Waals surface area (Å²) in [4.78, 5) is 15.2. The number of carbonyl (C=O) groups is 1. The summed E-state index contributed by atoms with van der Waals surface area (Å²) in [6.07, 6.45) is 3.23. The molecule has 0 bridgehead atoms. The highest BCUT2D eigenvalue weighted by Crippen LogP contribution is 2.46. The summed E-state index contributed by atoms with van der Waals surface area (Å²) >= 11 is 3.47. The molecule has 0 spiro atoms. The SMILES string of the molecule is CC(C)(C)[C@@H]1CCc2c(sc3c2C(=O)N[C@@H](c2cccs2)N3)C1. The third-order valence-corrected chi connectivity index (χ3v) is 7.22. The fraction of sp³-hybridized carbons (Fsp3) is 0.500. The molecular weight excluding hydrogens is 324 g/mol. The van der Waals surface area contributed by atoms with Gasteiger partial charge in [0.2, 0.25) is 0 Å². The molecule has 23 heavy (non-hydrogen) atoms. The van der Waals surface area contributed by atoms with Crippen LogP contribution in [0.25, 0.3) is 0 Å². The van der Waals surface area contributed by atoms with E-state index in [0.29, 0.717) is 11.3 Å². The lowest BCUT2D eigenvalue weighted by Crippen LogP contribution is -2.38. The summed E-state index contributed by atoms with van der Waals surface area (Å²) in [6, 6.07) is 4.09. The standard InChI is InChI=1S/C18H22N2OS2/c1-18(2,3)10-6-7-11-13(9-10)23-17-14(11)16(21)19-15(20-17)12-5-4-8-22-12/h4-5,8,10,15,20H,6-7,9H2,1-3H3,(H,19,21)/t10-,15-/m1/s1. The van der Waals surface area contributed by atoms with Crippen molar-refractivity contribution >= 4 is 33.6 Å². The largest absolute Gasteiger partial charge is 0.352 e. The summed E-state index contributed by atoms with van der Waals surface area (Å²) < 4.78 is 0. The van der Waals surface area contributed by atoms with Crippen LogP contribution in [0.2, 0.25) is 0 Å². The van der Waals surface area contributed by atoms with Crippen molar-refractivity contribution in [3.05, 3.63) is 38.4 Å². The molecule has 3 nitrogen and oxygen atoms in total. The molecule has 0 fully saturated rings. The lowest BCUT2D eigenvalue weighted by molar-refractivity contribution is 0.0935. The van der Waals surface area contributed by atoms with Crippen LogP contribution >= 0.6 is 22.7 Å². The van der Waals surface area contributed by atoms with E-state index in [1.165, 1.54) is 16.9 Å². The third-order valence-electron chi connectivity index (χ3n) is 5.10. The van der Waals surface area contributed by atoms with E-state index in [4.69, 9.17) is 0 Å². The van der Waals surface area contributed by atoms with Crippen LogP contribution in [0.5, 0.6) is 0 Å². The van der Waals surface area contributed by atoms with Crippen molar-refractivity contribution in [1.29, 1.82) is 0 Å². The van der Waals surface area contributed by atoms with Crippen LogP contribution in [0.3, 0.4) is 0 Å². The molecule has 1 amide bonds. The Hall–Kier alpha value is -1.33. The molecule has 2 atom stereocenters. The van der Waals surface area contributed by atoms with Crippen LogP contribution in [-0.2, 0) is 12.8 Å². The van der Waals surface area contributed by atoms with Crippen molar-refractivity contribution in [2.45, 2.75) is 46.2 Å². The van der Waals surface area contributed by atoms with Crippen LogP contribution in [0, 0.1) is 11.3 Å². The number of carbonyl (C=O) groups excluding carboxylic acids is 1. The van der Waals surface area contributed by atoms with Crippen molar-refractivity contribution in [2.24, 2.45) is 11.3 Å². The fourth-order valence-corrected chi connectivity index (χ4v) is 5.71. The van der Waals surface area contributed by atoms with Crippen LogP contribution in [0.15, 0.2) is 17.5 Å². The molecule has 1 aliphatic carbocycles. The number of amides is 1. The highest BCUT2D eigenvalue weighted by molar-refractivity contribution is 7.16. The molecule has 3 heterocycles. The van der Waals surface area contributed by atoms with Crippen molar-refractivity contribution in [1.82, 2.24) is 5.32 Å². The van der Waals surface area contributed by atoms with Crippen LogP contribution in [-0.4, -0.2) is 5.91 Å². The Kier molecular flexibility index (Phi) is 3.54. The quantitative estimate of drug-likeness (QED) is 0.777. The number of fused-ring (bicyclic) bond motifs is 3. The fourth-order valence-electron chi connectivity index (χ4n) is 3.64. The second-order valence-corrected chi connectivity index (χ2v) is 9.66. The van der Waals surface area contributed by atoms with E-state index in [1.807, 2.05) is 11.4 Å². The summed E-state index contributed by atoms with van der Waals surface area (Å²) in [5.41, 5.74) is 2.53. The van der Waals surface area contributed by atoms with E-state index < -0.39 is 0 Å². The van der Waals surface area contributed by atoms with Gasteiger partial charge in [-0.2, -0.15) is 0 Å².